The van der Waals surface area contributed by atoms with E-state index < -0.39 is 0 Å². The minimum Gasteiger partial charge on any atom is -0.347 e. The van der Waals surface area contributed by atoms with E-state index in [4.69, 9.17) is 12.2 Å². The fourth-order valence-corrected chi connectivity index (χ4v) is 3.99. The lowest BCUT2D eigenvalue weighted by Crippen LogP contribution is -2.50. The summed E-state index contributed by atoms with van der Waals surface area (Å²) in [5.41, 5.74) is 3.15. The van der Waals surface area contributed by atoms with Gasteiger partial charge in [0.05, 0.1) is 5.54 Å². The van der Waals surface area contributed by atoms with E-state index in [1.54, 1.807) is 0 Å². The van der Waals surface area contributed by atoms with E-state index >= 15 is 0 Å². The number of aromatic amines is 1. The molecule has 1 heterocycles. The predicted octanol–water partition coefficient (Wildman–Crippen LogP) is 4.50. The Bertz CT molecular complexity index is 1020. The van der Waals surface area contributed by atoms with Gasteiger partial charge >= 0.3 is 0 Å². The van der Waals surface area contributed by atoms with Crippen molar-refractivity contribution < 1.29 is 4.79 Å². The van der Waals surface area contributed by atoms with Crippen molar-refractivity contribution in [1.29, 1.82) is 0 Å². The van der Waals surface area contributed by atoms with Gasteiger partial charge in [0.15, 0.2) is 10.6 Å². The van der Waals surface area contributed by atoms with Gasteiger partial charge < -0.3 is 5.32 Å². The molecule has 4 rings (SSSR count). The van der Waals surface area contributed by atoms with Crippen LogP contribution in [0.4, 0.5) is 0 Å². The number of H-pyrrole nitrogens is 1. The van der Waals surface area contributed by atoms with Crippen molar-refractivity contribution in [2.24, 2.45) is 0 Å². The predicted molar refractivity (Wildman–Crippen MR) is 112 cm³/mol. The molecule has 0 bridgehead atoms. The molecule has 144 valence electrons. The maximum absolute atomic E-state index is 12.7. The first kappa shape index (κ1) is 18.6. The molecule has 1 aliphatic carbocycles. The zero-order valence-corrected chi connectivity index (χ0v) is 16.8. The molecule has 2 aromatic carbocycles. The quantitative estimate of drug-likeness (QED) is 0.607. The van der Waals surface area contributed by atoms with Gasteiger partial charge in [-0.05, 0) is 44.0 Å². The van der Waals surface area contributed by atoms with Crippen LogP contribution in [-0.2, 0) is 16.9 Å². The van der Waals surface area contributed by atoms with E-state index in [-0.39, 0.29) is 11.4 Å². The summed E-state index contributed by atoms with van der Waals surface area (Å²) in [6.07, 6.45) is 3.48. The molecule has 3 aromatic rings. The lowest BCUT2D eigenvalue weighted by atomic mass is 9.71. The molecule has 1 saturated carbocycles. The van der Waals surface area contributed by atoms with E-state index in [9.17, 15) is 4.79 Å². The minimum absolute atomic E-state index is 0.0431. The standard InChI is InChI=1S/C22H24N4OS/c1-16-8-10-17(11-9-16)20-24-25-21(28)26(20)15-12-19(27)23-22(13-5-14-22)18-6-3-2-4-7-18/h2-4,6-11H,5,12-15H2,1H3,(H,23,27)(H,25,28). The van der Waals surface area contributed by atoms with Crippen LogP contribution in [-0.4, -0.2) is 20.7 Å². The second kappa shape index (κ2) is 7.72. The number of hydrogen-bond acceptors (Lipinski definition) is 3. The normalized spacial score (nSPS) is 15.0. The Morgan fingerprint density at radius 3 is 2.54 bits per heavy atom. The van der Waals surface area contributed by atoms with E-state index in [0.717, 1.165) is 30.7 Å². The van der Waals surface area contributed by atoms with Gasteiger partial charge in [0.25, 0.3) is 0 Å². The smallest absolute Gasteiger partial charge is 0.222 e. The molecular weight excluding hydrogens is 368 g/mol. The van der Waals surface area contributed by atoms with Crippen LogP contribution in [0.15, 0.2) is 54.6 Å². The van der Waals surface area contributed by atoms with Gasteiger partial charge in [-0.15, -0.1) is 0 Å². The van der Waals surface area contributed by atoms with Crippen LogP contribution in [0.1, 0.15) is 36.8 Å². The van der Waals surface area contributed by atoms with Crippen molar-refractivity contribution in [3.05, 3.63) is 70.5 Å². The number of rotatable bonds is 6. The lowest BCUT2D eigenvalue weighted by Gasteiger charge is -2.43. The van der Waals surface area contributed by atoms with Crippen LogP contribution in [0.3, 0.4) is 0 Å². The molecule has 5 nitrogen and oxygen atoms in total. The van der Waals surface area contributed by atoms with Crippen molar-refractivity contribution in [3.63, 3.8) is 0 Å². The maximum atomic E-state index is 12.7. The largest absolute Gasteiger partial charge is 0.347 e. The zero-order chi connectivity index (χ0) is 19.6. The van der Waals surface area contributed by atoms with Gasteiger partial charge in [0.2, 0.25) is 5.91 Å². The number of hydrogen-bond donors (Lipinski definition) is 2. The Hall–Kier alpha value is -2.73. The Morgan fingerprint density at radius 1 is 1.18 bits per heavy atom. The summed E-state index contributed by atoms with van der Waals surface area (Å²) in [6, 6.07) is 18.4. The molecule has 0 radical (unpaired) electrons. The molecule has 1 aromatic heterocycles. The molecule has 1 aliphatic rings. The molecule has 0 aliphatic heterocycles. The highest BCUT2D eigenvalue weighted by Gasteiger charge is 2.39. The SMILES string of the molecule is Cc1ccc(-c2n[nH]c(=S)n2CCC(=O)NC2(c3ccccc3)CCC2)cc1. The molecular formula is C22H24N4OS. The van der Waals surface area contributed by atoms with Crippen molar-refractivity contribution >= 4 is 18.1 Å². The highest BCUT2D eigenvalue weighted by molar-refractivity contribution is 7.71. The first-order valence-electron chi connectivity index (χ1n) is 9.66. The number of carbonyl (C=O) groups excluding carboxylic acids is 1. The summed E-state index contributed by atoms with van der Waals surface area (Å²) >= 11 is 5.38. The van der Waals surface area contributed by atoms with Gasteiger partial charge in [0.1, 0.15) is 0 Å². The van der Waals surface area contributed by atoms with Crippen molar-refractivity contribution in [1.82, 2.24) is 20.1 Å². The fraction of sp³-hybridized carbons (Fsp3) is 0.318. The molecule has 28 heavy (non-hydrogen) atoms. The monoisotopic (exact) mass is 392 g/mol. The third-order valence-corrected chi connectivity index (χ3v) is 5.85. The third kappa shape index (κ3) is 3.64. The van der Waals surface area contributed by atoms with Gasteiger partial charge in [-0.1, -0.05) is 60.2 Å². The average molecular weight is 393 g/mol. The highest BCUT2D eigenvalue weighted by Crippen LogP contribution is 2.41. The number of carbonyl (C=O) groups is 1. The van der Waals surface area contributed by atoms with Crippen LogP contribution >= 0.6 is 12.2 Å². The number of nitrogens with zero attached hydrogens (tertiary/aromatic N) is 2. The second-order valence-electron chi connectivity index (χ2n) is 7.47. The molecule has 0 spiro atoms. The van der Waals surface area contributed by atoms with Gasteiger partial charge in [-0.3, -0.25) is 14.5 Å². The topological polar surface area (TPSA) is 62.7 Å². The Balaban J connectivity index is 1.46. The lowest BCUT2D eigenvalue weighted by molar-refractivity contribution is -0.124. The number of aromatic nitrogens is 3. The summed E-state index contributed by atoms with van der Waals surface area (Å²) in [6.45, 7) is 2.55. The average Bonchev–Trinajstić information content (AvgIpc) is 3.05. The second-order valence-corrected chi connectivity index (χ2v) is 7.86. The van der Waals surface area contributed by atoms with E-state index in [2.05, 4.69) is 27.6 Å². The number of nitrogens with one attached hydrogen (secondary N) is 2. The summed E-state index contributed by atoms with van der Waals surface area (Å²) in [5, 5.41) is 10.5. The van der Waals surface area contributed by atoms with E-state index in [0.29, 0.717) is 17.7 Å². The van der Waals surface area contributed by atoms with Crippen LogP contribution in [0, 0.1) is 11.7 Å². The summed E-state index contributed by atoms with van der Waals surface area (Å²) < 4.78 is 2.43. The van der Waals surface area contributed by atoms with Gasteiger partial charge in [-0.25, -0.2) is 0 Å². The molecule has 0 unspecified atom stereocenters. The molecule has 0 saturated heterocycles. The fourth-order valence-electron chi connectivity index (χ4n) is 3.76. The molecule has 0 atom stereocenters. The molecule has 6 heteroatoms. The molecule has 1 amide bonds. The van der Waals surface area contributed by atoms with Crippen LogP contribution in [0.2, 0.25) is 0 Å². The summed E-state index contributed by atoms with van der Waals surface area (Å²) in [5.74, 6) is 0.806. The van der Waals surface area contributed by atoms with Crippen LogP contribution in [0.25, 0.3) is 11.4 Å². The Kier molecular flexibility index (Phi) is 5.13. The molecule has 1 fully saturated rings. The minimum atomic E-state index is -0.212. The van der Waals surface area contributed by atoms with Gasteiger partial charge in [-0.2, -0.15) is 5.10 Å². The van der Waals surface area contributed by atoms with Crippen molar-refractivity contribution in [2.75, 3.05) is 0 Å². The third-order valence-electron chi connectivity index (χ3n) is 5.54. The van der Waals surface area contributed by atoms with Crippen LogP contribution < -0.4 is 5.32 Å². The number of aryl methyl sites for hydroxylation is 1. The first-order chi connectivity index (χ1) is 13.6. The maximum Gasteiger partial charge on any atom is 0.222 e. The van der Waals surface area contributed by atoms with Gasteiger partial charge in [0, 0.05) is 18.5 Å². The Labute approximate surface area is 169 Å². The summed E-state index contributed by atoms with van der Waals surface area (Å²) in [7, 11) is 0. The molecule has 2 N–H and O–H groups in total. The van der Waals surface area contributed by atoms with Crippen molar-refractivity contribution in [3.8, 4) is 11.4 Å². The van der Waals surface area contributed by atoms with E-state index in [1.807, 2.05) is 54.0 Å². The number of benzene rings is 2. The number of amides is 1. The Morgan fingerprint density at radius 2 is 1.89 bits per heavy atom. The van der Waals surface area contributed by atoms with Crippen LogP contribution in [0.5, 0.6) is 0 Å². The first-order valence-corrected chi connectivity index (χ1v) is 10.1. The summed E-state index contributed by atoms with van der Waals surface area (Å²) in [4.78, 5) is 12.7. The van der Waals surface area contributed by atoms with Crippen molar-refractivity contribution in [2.45, 2.75) is 44.7 Å². The van der Waals surface area contributed by atoms with E-state index in [1.165, 1.54) is 11.1 Å². The zero-order valence-electron chi connectivity index (χ0n) is 15.9. The highest BCUT2D eigenvalue weighted by atomic mass is 32.1.